The van der Waals surface area contributed by atoms with Gasteiger partial charge >= 0.3 is 23.9 Å². The van der Waals surface area contributed by atoms with Crippen LogP contribution in [0.5, 0.6) is 11.5 Å². The van der Waals surface area contributed by atoms with Gasteiger partial charge in [-0.2, -0.15) is 0 Å². The summed E-state index contributed by atoms with van der Waals surface area (Å²) >= 11 is 13.9. The zero-order valence-electron chi connectivity index (χ0n) is 42.7. The van der Waals surface area contributed by atoms with E-state index in [0.29, 0.717) is 45.8 Å². The molecule has 0 saturated heterocycles. The van der Waals surface area contributed by atoms with E-state index in [1.807, 2.05) is 0 Å². The summed E-state index contributed by atoms with van der Waals surface area (Å²) in [4.78, 5) is 53.6. The van der Waals surface area contributed by atoms with Crippen LogP contribution in [0.4, 0.5) is 0 Å². The maximum atomic E-state index is 13.5. The van der Waals surface area contributed by atoms with Crippen molar-refractivity contribution in [1.82, 2.24) is 0 Å². The van der Waals surface area contributed by atoms with E-state index in [1.54, 1.807) is 84.9 Å². The molecule has 0 aliphatic heterocycles. The molecule has 378 valence electrons. The molecule has 0 N–H and O–H groups in total. The van der Waals surface area contributed by atoms with Crippen LogP contribution in [0.25, 0.3) is 5.57 Å². The Bertz CT molecular complexity index is 2480. The molecule has 4 fully saturated rings. The second-order valence-electron chi connectivity index (χ2n) is 22.2. The number of hydrogen-bond donors (Lipinski definition) is 0. The van der Waals surface area contributed by atoms with E-state index in [0.717, 1.165) is 41.9 Å². The van der Waals surface area contributed by atoms with E-state index < -0.39 is 23.9 Å². The lowest BCUT2D eigenvalue weighted by Crippen LogP contribution is -2.53. The molecule has 71 heavy (non-hydrogen) atoms. The van der Waals surface area contributed by atoms with Crippen LogP contribution in [-0.2, 0) is 9.47 Å². The number of carbonyl (C=O) groups is 4. The minimum Gasteiger partial charge on any atom is -0.465 e. The molecule has 4 saturated carbocycles. The standard InChI is InChI=1S/C61H72Cl2O8/c1-37(2)16-14-17-38(3)49-26-27-50-46-25-24-44-32-39(28-30-60(44,4)51(46)29-31-61(49,50)5)18-15-23-45(42-33-47(58(66)68-6)54(52(62)35-42)70-56(64)40-19-10-8-11-20-40)43-34-48(59(67)69-7)55(53(63)36-43)71-57(65)41-21-12-9-13-22-41/h8-13,19-23,33-39,44,46,49-51H,14-18,24-32H2,1-7H3/t38-,39+,44+,46+,49-,50+,51+,60+,61-/m1/s1. The summed E-state index contributed by atoms with van der Waals surface area (Å²) in [7, 11) is 2.49. The smallest absolute Gasteiger partial charge is 0.343 e. The molecule has 8 nitrogen and oxygen atoms in total. The monoisotopic (exact) mass is 1000 g/mol. The fourth-order valence-electron chi connectivity index (χ4n) is 14.2. The highest BCUT2D eigenvalue weighted by molar-refractivity contribution is 6.34. The maximum Gasteiger partial charge on any atom is 0.343 e. The number of rotatable bonds is 16. The lowest BCUT2D eigenvalue weighted by molar-refractivity contribution is -0.121. The van der Waals surface area contributed by atoms with E-state index in [4.69, 9.17) is 42.1 Å². The zero-order valence-corrected chi connectivity index (χ0v) is 44.2. The quantitative estimate of drug-likeness (QED) is 0.0807. The minimum atomic E-state index is -0.762. The van der Waals surface area contributed by atoms with E-state index in [2.05, 4.69) is 40.7 Å². The van der Waals surface area contributed by atoms with Gasteiger partial charge < -0.3 is 18.9 Å². The van der Waals surface area contributed by atoms with Crippen LogP contribution in [0.15, 0.2) is 91.0 Å². The fourth-order valence-corrected chi connectivity index (χ4v) is 14.7. The van der Waals surface area contributed by atoms with Gasteiger partial charge in [0.15, 0.2) is 11.5 Å². The number of fused-ring (bicyclic) bond motifs is 5. The Hall–Kier alpha value is -4.92. The lowest BCUT2D eigenvalue weighted by atomic mass is 9.44. The molecule has 4 aromatic rings. The predicted molar refractivity (Wildman–Crippen MR) is 281 cm³/mol. The van der Waals surface area contributed by atoms with Crippen molar-refractivity contribution >= 4 is 52.7 Å². The van der Waals surface area contributed by atoms with Gasteiger partial charge in [0.2, 0.25) is 0 Å². The SMILES string of the molecule is COC(=O)c1cc(C(=CCC[C@H]2CC[C@@]3(C)[C@@H](CC[C@@H]4[C@@H]3CC[C@]3(C)[C@@H]([C@H](C)CCCC(C)C)CC[C@@H]43)C2)c2cc(Cl)c(OC(=O)c3ccccc3)c(C(=O)OC)c2)cc(Cl)c1OC(=O)c1ccccc1. The van der Waals surface area contributed by atoms with Crippen molar-refractivity contribution in [2.45, 2.75) is 125 Å². The highest BCUT2D eigenvalue weighted by atomic mass is 35.5. The first-order valence-electron chi connectivity index (χ1n) is 26.1. The zero-order chi connectivity index (χ0) is 50.6. The second-order valence-corrected chi connectivity index (χ2v) is 23.0. The first-order valence-corrected chi connectivity index (χ1v) is 26.9. The Morgan fingerprint density at radius 1 is 0.634 bits per heavy atom. The molecule has 0 spiro atoms. The van der Waals surface area contributed by atoms with E-state index in [9.17, 15) is 19.2 Å². The highest BCUT2D eigenvalue weighted by Crippen LogP contribution is 2.69. The van der Waals surface area contributed by atoms with Crippen molar-refractivity contribution in [2.75, 3.05) is 14.2 Å². The number of carbonyl (C=O) groups excluding carboxylic acids is 4. The molecule has 0 aromatic heterocycles. The number of methoxy groups -OCH3 is 2. The molecular formula is C61H72Cl2O8. The number of esters is 4. The van der Waals surface area contributed by atoms with Crippen LogP contribution in [0.1, 0.15) is 177 Å². The average molecular weight is 1000 g/mol. The number of halogens is 2. The number of benzene rings is 4. The summed E-state index contributed by atoms with van der Waals surface area (Å²) in [5.41, 5.74) is 2.87. The highest BCUT2D eigenvalue weighted by Gasteiger charge is 2.60. The van der Waals surface area contributed by atoms with E-state index in [1.165, 1.54) is 91.3 Å². The van der Waals surface area contributed by atoms with Gasteiger partial charge in [-0.15, -0.1) is 0 Å². The molecule has 4 aliphatic carbocycles. The Balaban J connectivity index is 1.06. The number of ether oxygens (including phenoxy) is 4. The van der Waals surface area contributed by atoms with Crippen LogP contribution in [0.3, 0.4) is 0 Å². The van der Waals surface area contributed by atoms with Gasteiger partial charge in [-0.1, -0.05) is 120 Å². The summed E-state index contributed by atoms with van der Waals surface area (Å²) in [6, 6.07) is 23.2. The van der Waals surface area contributed by atoms with Crippen LogP contribution < -0.4 is 9.47 Å². The van der Waals surface area contributed by atoms with Crippen LogP contribution >= 0.6 is 23.2 Å². The maximum absolute atomic E-state index is 13.5. The number of allylic oxidation sites excluding steroid dienone is 1. The summed E-state index contributed by atoms with van der Waals surface area (Å²) in [6.07, 6.45) is 19.7. The van der Waals surface area contributed by atoms with Gasteiger partial charge in [0.1, 0.15) is 11.1 Å². The summed E-state index contributed by atoms with van der Waals surface area (Å²) in [5, 5.41) is 0.000465. The Kier molecular flexibility index (Phi) is 16.6. The number of hydrogen-bond acceptors (Lipinski definition) is 8. The van der Waals surface area contributed by atoms with Crippen molar-refractivity contribution in [3.63, 3.8) is 0 Å². The predicted octanol–water partition coefficient (Wildman–Crippen LogP) is 16.0. The summed E-state index contributed by atoms with van der Waals surface area (Å²) in [6.45, 7) is 12.6. The molecule has 0 bridgehead atoms. The molecule has 0 unspecified atom stereocenters. The normalized spacial score (nSPS) is 26.0. The van der Waals surface area contributed by atoms with E-state index in [-0.39, 0.29) is 43.8 Å². The van der Waals surface area contributed by atoms with Gasteiger partial charge in [-0.3, -0.25) is 0 Å². The molecule has 8 rings (SSSR count). The first-order chi connectivity index (χ1) is 34.1. The topological polar surface area (TPSA) is 105 Å². The molecule has 0 heterocycles. The van der Waals surface area contributed by atoms with Crippen molar-refractivity contribution < 1.29 is 38.1 Å². The molecule has 0 amide bonds. The third-order valence-corrected chi connectivity index (χ3v) is 18.4. The van der Waals surface area contributed by atoms with Crippen molar-refractivity contribution in [3.05, 3.63) is 134 Å². The van der Waals surface area contributed by atoms with Crippen molar-refractivity contribution in [3.8, 4) is 11.5 Å². The Labute approximate surface area is 431 Å². The molecule has 10 heteroatoms. The molecular weight excluding hydrogens is 932 g/mol. The van der Waals surface area contributed by atoms with Gasteiger partial charge in [0.25, 0.3) is 0 Å². The molecule has 4 aromatic carbocycles. The lowest BCUT2D eigenvalue weighted by Gasteiger charge is -2.61. The van der Waals surface area contributed by atoms with Crippen LogP contribution in [0.2, 0.25) is 10.0 Å². The first kappa shape index (κ1) is 52.4. The van der Waals surface area contributed by atoms with Crippen LogP contribution in [0, 0.1) is 58.2 Å². The third kappa shape index (κ3) is 11.1. The minimum absolute atomic E-state index is 0.000233. The molecule has 0 radical (unpaired) electrons. The van der Waals surface area contributed by atoms with Gasteiger partial charge in [-0.05, 0) is 194 Å². The molecule has 4 aliphatic rings. The summed E-state index contributed by atoms with van der Waals surface area (Å²) < 4.78 is 22.0. The van der Waals surface area contributed by atoms with Crippen molar-refractivity contribution in [2.24, 2.45) is 58.2 Å². The van der Waals surface area contributed by atoms with Crippen LogP contribution in [-0.4, -0.2) is 38.1 Å². The Morgan fingerprint density at radius 2 is 1.17 bits per heavy atom. The fraction of sp³-hybridized carbons (Fsp3) is 0.508. The third-order valence-electron chi connectivity index (χ3n) is 17.8. The summed E-state index contributed by atoms with van der Waals surface area (Å²) in [5.74, 6) is 2.97. The van der Waals surface area contributed by atoms with Gasteiger partial charge in [0, 0.05) is 0 Å². The largest absolute Gasteiger partial charge is 0.465 e. The van der Waals surface area contributed by atoms with E-state index >= 15 is 0 Å². The van der Waals surface area contributed by atoms with Gasteiger partial charge in [-0.25, -0.2) is 19.2 Å². The average Bonchev–Trinajstić information content (AvgIpc) is 3.73. The van der Waals surface area contributed by atoms with Crippen molar-refractivity contribution in [1.29, 1.82) is 0 Å². The Morgan fingerprint density at radius 3 is 1.70 bits per heavy atom. The van der Waals surface area contributed by atoms with Gasteiger partial charge in [0.05, 0.1) is 35.4 Å². The molecule has 9 atom stereocenters. The second kappa shape index (κ2) is 22.5.